The molecule has 0 saturated carbocycles. The first-order valence-corrected chi connectivity index (χ1v) is 7.52. The van der Waals surface area contributed by atoms with E-state index in [1.165, 1.54) is 5.56 Å². The van der Waals surface area contributed by atoms with Gasteiger partial charge in [-0.25, -0.2) is 4.39 Å². The van der Waals surface area contributed by atoms with Crippen molar-refractivity contribution in [1.82, 2.24) is 0 Å². The van der Waals surface area contributed by atoms with Crippen molar-refractivity contribution < 1.29 is 4.39 Å². The summed E-state index contributed by atoms with van der Waals surface area (Å²) in [6, 6.07) is 7.84. The van der Waals surface area contributed by atoms with Crippen LogP contribution in [0.15, 0.2) is 24.3 Å². The standard InChI is InChI=1S/C19H24FN/c1-6-11(2)15-9-13(4)17(14(5)10-15)18-16(21)8-7-12(3)19(18)20/h7-11H,6,21H2,1-5H3. The van der Waals surface area contributed by atoms with Crippen LogP contribution in [0, 0.1) is 26.6 Å². The molecule has 0 aliphatic heterocycles. The summed E-state index contributed by atoms with van der Waals surface area (Å²) in [7, 11) is 0. The minimum absolute atomic E-state index is 0.211. The van der Waals surface area contributed by atoms with Crippen LogP contribution in [-0.4, -0.2) is 0 Å². The van der Waals surface area contributed by atoms with Crippen LogP contribution in [-0.2, 0) is 0 Å². The predicted octanol–water partition coefficient (Wildman–Crippen LogP) is 5.51. The maximum absolute atomic E-state index is 14.6. The molecule has 0 saturated heterocycles. The van der Waals surface area contributed by atoms with Gasteiger partial charge in [-0.2, -0.15) is 0 Å². The average molecular weight is 285 g/mol. The molecule has 112 valence electrons. The molecule has 0 aliphatic carbocycles. The van der Waals surface area contributed by atoms with Crippen molar-refractivity contribution in [3.8, 4) is 11.1 Å². The zero-order valence-corrected chi connectivity index (χ0v) is 13.5. The van der Waals surface area contributed by atoms with Gasteiger partial charge in [0.1, 0.15) is 5.82 Å². The van der Waals surface area contributed by atoms with Crippen LogP contribution < -0.4 is 5.73 Å². The number of nitrogen functional groups attached to an aromatic ring is 1. The van der Waals surface area contributed by atoms with Crippen molar-refractivity contribution in [3.05, 3.63) is 52.3 Å². The number of anilines is 1. The molecule has 0 radical (unpaired) electrons. The van der Waals surface area contributed by atoms with Gasteiger partial charge in [0.15, 0.2) is 0 Å². The Labute approximate surface area is 127 Å². The Morgan fingerprint density at radius 2 is 1.57 bits per heavy atom. The summed E-state index contributed by atoms with van der Waals surface area (Å²) in [6.45, 7) is 10.2. The summed E-state index contributed by atoms with van der Waals surface area (Å²) in [5.41, 5.74) is 12.1. The largest absolute Gasteiger partial charge is 0.398 e. The Balaban J connectivity index is 2.69. The van der Waals surface area contributed by atoms with Gasteiger partial charge in [-0.3, -0.25) is 0 Å². The van der Waals surface area contributed by atoms with Crippen molar-refractivity contribution in [2.45, 2.75) is 47.0 Å². The fourth-order valence-corrected chi connectivity index (χ4v) is 2.86. The van der Waals surface area contributed by atoms with Gasteiger partial charge in [-0.05, 0) is 67.0 Å². The van der Waals surface area contributed by atoms with Gasteiger partial charge in [0.2, 0.25) is 0 Å². The van der Waals surface area contributed by atoms with Crippen molar-refractivity contribution in [3.63, 3.8) is 0 Å². The van der Waals surface area contributed by atoms with E-state index in [0.717, 1.165) is 23.1 Å². The summed E-state index contributed by atoms with van der Waals surface area (Å²) < 4.78 is 14.6. The van der Waals surface area contributed by atoms with Gasteiger partial charge in [-0.15, -0.1) is 0 Å². The Morgan fingerprint density at radius 3 is 2.10 bits per heavy atom. The molecule has 0 heterocycles. The molecular formula is C19H24FN. The molecule has 2 rings (SSSR count). The smallest absolute Gasteiger partial charge is 0.136 e. The van der Waals surface area contributed by atoms with Crippen LogP contribution >= 0.6 is 0 Å². The monoisotopic (exact) mass is 285 g/mol. The molecule has 0 aliphatic rings. The number of halogens is 1. The number of benzene rings is 2. The molecule has 2 aromatic carbocycles. The molecule has 21 heavy (non-hydrogen) atoms. The van der Waals surface area contributed by atoms with Gasteiger partial charge in [-0.1, -0.05) is 32.0 Å². The maximum Gasteiger partial charge on any atom is 0.136 e. The van der Waals surface area contributed by atoms with Crippen molar-refractivity contribution in [2.24, 2.45) is 0 Å². The van der Waals surface area contributed by atoms with Crippen LogP contribution in [0.1, 0.15) is 48.4 Å². The highest BCUT2D eigenvalue weighted by Gasteiger charge is 2.17. The summed E-state index contributed by atoms with van der Waals surface area (Å²) in [5.74, 6) is 0.300. The van der Waals surface area contributed by atoms with Crippen molar-refractivity contribution in [2.75, 3.05) is 5.73 Å². The summed E-state index contributed by atoms with van der Waals surface area (Å²) >= 11 is 0. The van der Waals surface area contributed by atoms with E-state index in [-0.39, 0.29) is 5.82 Å². The van der Waals surface area contributed by atoms with E-state index in [0.29, 0.717) is 22.7 Å². The number of rotatable bonds is 3. The van der Waals surface area contributed by atoms with E-state index in [4.69, 9.17) is 5.73 Å². The Kier molecular flexibility index (Phi) is 4.36. The maximum atomic E-state index is 14.6. The average Bonchev–Trinajstić information content (AvgIpc) is 2.44. The third kappa shape index (κ3) is 2.80. The van der Waals surface area contributed by atoms with Crippen LogP contribution in [0.3, 0.4) is 0 Å². The highest BCUT2D eigenvalue weighted by atomic mass is 19.1. The lowest BCUT2D eigenvalue weighted by molar-refractivity contribution is 0.622. The van der Waals surface area contributed by atoms with Gasteiger partial charge in [0.25, 0.3) is 0 Å². The highest BCUT2D eigenvalue weighted by Crippen LogP contribution is 2.37. The number of aryl methyl sites for hydroxylation is 3. The fourth-order valence-electron chi connectivity index (χ4n) is 2.86. The minimum atomic E-state index is -0.211. The van der Waals surface area contributed by atoms with E-state index >= 15 is 0 Å². The molecule has 2 N–H and O–H groups in total. The first-order chi connectivity index (χ1) is 9.86. The molecular weight excluding hydrogens is 261 g/mol. The summed E-state index contributed by atoms with van der Waals surface area (Å²) in [5, 5.41) is 0. The zero-order valence-electron chi connectivity index (χ0n) is 13.5. The second kappa shape index (κ2) is 5.88. The SMILES string of the molecule is CCC(C)c1cc(C)c(-c2c(N)ccc(C)c2F)c(C)c1. The van der Waals surface area contributed by atoms with E-state index in [2.05, 4.69) is 26.0 Å². The first kappa shape index (κ1) is 15.6. The number of hydrogen-bond donors (Lipinski definition) is 1. The summed E-state index contributed by atoms with van der Waals surface area (Å²) in [6.07, 6.45) is 1.10. The third-order valence-corrected chi connectivity index (χ3v) is 4.35. The molecule has 1 atom stereocenters. The van der Waals surface area contributed by atoms with E-state index in [1.807, 2.05) is 13.8 Å². The molecule has 1 unspecified atom stereocenters. The van der Waals surface area contributed by atoms with E-state index in [9.17, 15) is 4.39 Å². The topological polar surface area (TPSA) is 26.0 Å². The second-order valence-electron chi connectivity index (χ2n) is 6.00. The quantitative estimate of drug-likeness (QED) is 0.739. The molecule has 0 aromatic heterocycles. The molecule has 0 bridgehead atoms. The van der Waals surface area contributed by atoms with Crippen LogP contribution in [0.4, 0.5) is 10.1 Å². The van der Waals surface area contributed by atoms with Gasteiger partial charge in [0.05, 0.1) is 0 Å². The molecule has 2 heteroatoms. The lowest BCUT2D eigenvalue weighted by Crippen LogP contribution is -2.01. The Hall–Kier alpha value is -1.83. The zero-order chi connectivity index (χ0) is 15.7. The van der Waals surface area contributed by atoms with Crippen molar-refractivity contribution in [1.29, 1.82) is 0 Å². The van der Waals surface area contributed by atoms with Crippen molar-refractivity contribution >= 4 is 5.69 Å². The van der Waals surface area contributed by atoms with Crippen LogP contribution in [0.5, 0.6) is 0 Å². The lowest BCUT2D eigenvalue weighted by atomic mass is 9.88. The summed E-state index contributed by atoms with van der Waals surface area (Å²) in [4.78, 5) is 0. The Morgan fingerprint density at radius 1 is 1.00 bits per heavy atom. The number of hydrogen-bond acceptors (Lipinski definition) is 1. The third-order valence-electron chi connectivity index (χ3n) is 4.35. The van der Waals surface area contributed by atoms with Crippen LogP contribution in [0.25, 0.3) is 11.1 Å². The number of nitrogens with two attached hydrogens (primary N) is 1. The molecule has 2 aromatic rings. The van der Waals surface area contributed by atoms with Gasteiger partial charge >= 0.3 is 0 Å². The molecule has 0 fully saturated rings. The fraction of sp³-hybridized carbons (Fsp3) is 0.368. The van der Waals surface area contributed by atoms with E-state index in [1.54, 1.807) is 19.1 Å². The van der Waals surface area contributed by atoms with Gasteiger partial charge < -0.3 is 5.73 Å². The van der Waals surface area contributed by atoms with Crippen LogP contribution in [0.2, 0.25) is 0 Å². The second-order valence-corrected chi connectivity index (χ2v) is 6.00. The minimum Gasteiger partial charge on any atom is -0.398 e. The lowest BCUT2D eigenvalue weighted by Gasteiger charge is -2.18. The normalized spacial score (nSPS) is 12.5. The first-order valence-electron chi connectivity index (χ1n) is 7.52. The molecule has 0 amide bonds. The molecule has 0 spiro atoms. The Bertz CT molecular complexity index is 651. The molecule has 1 nitrogen and oxygen atoms in total. The van der Waals surface area contributed by atoms with Gasteiger partial charge in [0, 0.05) is 11.3 Å². The highest BCUT2D eigenvalue weighted by molar-refractivity contribution is 5.82. The van der Waals surface area contributed by atoms with E-state index < -0.39 is 0 Å². The predicted molar refractivity (Wildman–Crippen MR) is 89.2 cm³/mol.